The summed E-state index contributed by atoms with van der Waals surface area (Å²) in [4.78, 5) is 4.50. The molecule has 2 rings (SSSR count). The van der Waals surface area contributed by atoms with Crippen LogP contribution in [0.5, 0.6) is 0 Å². The molecule has 0 aliphatic heterocycles. The molecule has 0 aromatic carbocycles. The summed E-state index contributed by atoms with van der Waals surface area (Å²) in [5, 5.41) is 3.42. The minimum absolute atomic E-state index is 0.120. The van der Waals surface area contributed by atoms with Crippen LogP contribution in [0.2, 0.25) is 0 Å². The molecule has 18 heavy (non-hydrogen) atoms. The molecule has 1 aliphatic rings. The van der Waals surface area contributed by atoms with Gasteiger partial charge in [0.15, 0.2) is 0 Å². The standard InChI is InChI=1S/C14H25N3O/c1-11-6-5-7-14(10-11,18-4)12(15-2)13-16-8-9-17(13)3/h8-9,11-12,15H,5-7,10H2,1-4H3. The van der Waals surface area contributed by atoms with Gasteiger partial charge in [-0.1, -0.05) is 19.8 Å². The Hall–Kier alpha value is -0.870. The monoisotopic (exact) mass is 251 g/mol. The van der Waals surface area contributed by atoms with Crippen LogP contribution in [0.1, 0.15) is 44.5 Å². The number of aryl methyl sites for hydroxylation is 1. The molecule has 1 aliphatic carbocycles. The normalized spacial score (nSPS) is 30.3. The molecular formula is C14H25N3O. The van der Waals surface area contributed by atoms with Crippen molar-refractivity contribution in [2.45, 2.75) is 44.2 Å². The molecule has 1 fully saturated rings. The zero-order chi connectivity index (χ0) is 13.2. The van der Waals surface area contributed by atoms with E-state index in [0.717, 1.165) is 24.6 Å². The third-order valence-electron chi connectivity index (χ3n) is 4.33. The number of imidazole rings is 1. The first kappa shape index (κ1) is 13.6. The van der Waals surface area contributed by atoms with E-state index in [4.69, 9.17) is 4.74 Å². The van der Waals surface area contributed by atoms with Crippen LogP contribution < -0.4 is 5.32 Å². The van der Waals surface area contributed by atoms with Crippen molar-refractivity contribution in [3.05, 3.63) is 18.2 Å². The summed E-state index contributed by atoms with van der Waals surface area (Å²) in [6.07, 6.45) is 8.60. The van der Waals surface area contributed by atoms with Gasteiger partial charge in [-0.15, -0.1) is 0 Å². The van der Waals surface area contributed by atoms with Crippen molar-refractivity contribution >= 4 is 0 Å². The summed E-state index contributed by atoms with van der Waals surface area (Å²) in [7, 11) is 5.88. The highest BCUT2D eigenvalue weighted by molar-refractivity contribution is 5.09. The van der Waals surface area contributed by atoms with Crippen LogP contribution in [0.4, 0.5) is 0 Å². The van der Waals surface area contributed by atoms with Gasteiger partial charge in [-0.2, -0.15) is 0 Å². The maximum atomic E-state index is 5.97. The molecule has 4 heteroatoms. The maximum Gasteiger partial charge on any atom is 0.128 e. The predicted molar refractivity (Wildman–Crippen MR) is 72.4 cm³/mol. The van der Waals surface area contributed by atoms with Gasteiger partial charge >= 0.3 is 0 Å². The minimum Gasteiger partial charge on any atom is -0.376 e. The summed E-state index contributed by atoms with van der Waals surface area (Å²) < 4.78 is 8.05. The Bertz CT molecular complexity index is 390. The average Bonchev–Trinajstić information content (AvgIpc) is 2.77. The third kappa shape index (κ3) is 2.31. The summed E-state index contributed by atoms with van der Waals surface area (Å²) in [5.41, 5.74) is -0.120. The lowest BCUT2D eigenvalue weighted by molar-refractivity contribution is -0.0814. The van der Waals surface area contributed by atoms with Gasteiger partial charge in [-0.05, 0) is 25.8 Å². The Morgan fingerprint density at radius 3 is 2.89 bits per heavy atom. The number of methoxy groups -OCH3 is 1. The number of nitrogens with zero attached hydrogens (tertiary/aromatic N) is 2. The molecule has 3 atom stereocenters. The van der Waals surface area contributed by atoms with E-state index in [9.17, 15) is 0 Å². The molecule has 4 nitrogen and oxygen atoms in total. The van der Waals surface area contributed by atoms with Crippen LogP contribution in [0.15, 0.2) is 12.4 Å². The highest BCUT2D eigenvalue weighted by Crippen LogP contribution is 2.42. The van der Waals surface area contributed by atoms with E-state index < -0.39 is 0 Å². The number of likely N-dealkylation sites (N-methyl/N-ethyl adjacent to an activating group) is 1. The van der Waals surface area contributed by atoms with Crippen molar-refractivity contribution in [3.8, 4) is 0 Å². The van der Waals surface area contributed by atoms with Crippen LogP contribution in [0, 0.1) is 5.92 Å². The van der Waals surface area contributed by atoms with Crippen molar-refractivity contribution in [3.63, 3.8) is 0 Å². The third-order valence-corrected chi connectivity index (χ3v) is 4.33. The van der Waals surface area contributed by atoms with Gasteiger partial charge in [-0.25, -0.2) is 4.98 Å². The first-order valence-electron chi connectivity index (χ1n) is 6.82. The number of rotatable bonds is 4. The molecule has 102 valence electrons. The number of ether oxygens (including phenoxy) is 1. The molecule has 0 bridgehead atoms. The van der Waals surface area contributed by atoms with E-state index in [-0.39, 0.29) is 11.6 Å². The Labute approximate surface area is 110 Å². The van der Waals surface area contributed by atoms with Gasteiger partial charge in [0.05, 0.1) is 11.6 Å². The summed E-state index contributed by atoms with van der Waals surface area (Å²) in [5.74, 6) is 1.78. The number of nitrogens with one attached hydrogen (secondary N) is 1. The van der Waals surface area contributed by atoms with E-state index in [1.807, 2.05) is 33.6 Å². The van der Waals surface area contributed by atoms with Crippen LogP contribution in [0.3, 0.4) is 0 Å². The lowest BCUT2D eigenvalue weighted by Gasteiger charge is -2.44. The summed E-state index contributed by atoms with van der Waals surface area (Å²) >= 11 is 0. The van der Waals surface area contributed by atoms with Crippen molar-refractivity contribution < 1.29 is 4.74 Å². The van der Waals surface area contributed by atoms with E-state index in [2.05, 4.69) is 21.8 Å². The Kier molecular flexibility index (Phi) is 4.07. The van der Waals surface area contributed by atoms with Crippen LogP contribution >= 0.6 is 0 Å². The SMILES string of the molecule is CNC(c1nccn1C)C1(OC)CCCC(C)C1. The zero-order valence-corrected chi connectivity index (χ0v) is 11.9. The molecule has 0 saturated heterocycles. The fourth-order valence-corrected chi connectivity index (χ4v) is 3.39. The molecule has 0 spiro atoms. The van der Waals surface area contributed by atoms with E-state index in [1.54, 1.807) is 0 Å². The Balaban J connectivity index is 2.32. The number of hydrogen-bond donors (Lipinski definition) is 1. The lowest BCUT2D eigenvalue weighted by Crippen LogP contribution is -2.48. The van der Waals surface area contributed by atoms with Gasteiger partial charge in [0.1, 0.15) is 5.82 Å². The molecule has 0 radical (unpaired) electrons. The molecule has 1 heterocycles. The van der Waals surface area contributed by atoms with Gasteiger partial charge in [0.25, 0.3) is 0 Å². The molecule has 1 aromatic rings. The summed E-state index contributed by atoms with van der Waals surface area (Å²) in [6, 6.07) is 0.158. The van der Waals surface area contributed by atoms with Crippen molar-refractivity contribution in [2.24, 2.45) is 13.0 Å². The topological polar surface area (TPSA) is 39.1 Å². The second-order valence-electron chi connectivity index (χ2n) is 5.59. The molecule has 1 saturated carbocycles. The predicted octanol–water partition coefficient (Wildman–Crippen LogP) is 2.28. The first-order valence-corrected chi connectivity index (χ1v) is 6.82. The average molecular weight is 251 g/mol. The van der Waals surface area contributed by atoms with Gasteiger partial charge in [-0.3, -0.25) is 0 Å². The fourth-order valence-electron chi connectivity index (χ4n) is 3.39. The number of hydrogen-bond acceptors (Lipinski definition) is 3. The maximum absolute atomic E-state index is 5.97. The molecule has 1 N–H and O–H groups in total. The quantitative estimate of drug-likeness (QED) is 0.892. The van der Waals surface area contributed by atoms with Crippen molar-refractivity contribution in [1.82, 2.24) is 14.9 Å². The Morgan fingerprint density at radius 1 is 1.61 bits per heavy atom. The largest absolute Gasteiger partial charge is 0.376 e. The van der Waals surface area contributed by atoms with E-state index >= 15 is 0 Å². The number of aromatic nitrogens is 2. The van der Waals surface area contributed by atoms with E-state index in [0.29, 0.717) is 0 Å². The van der Waals surface area contributed by atoms with Crippen LogP contribution in [0.25, 0.3) is 0 Å². The van der Waals surface area contributed by atoms with Gasteiger partial charge in [0.2, 0.25) is 0 Å². The van der Waals surface area contributed by atoms with E-state index in [1.165, 1.54) is 12.8 Å². The van der Waals surface area contributed by atoms with Gasteiger partial charge < -0.3 is 14.6 Å². The summed E-state index contributed by atoms with van der Waals surface area (Å²) in [6.45, 7) is 2.32. The second kappa shape index (κ2) is 5.41. The Morgan fingerprint density at radius 2 is 2.39 bits per heavy atom. The highest BCUT2D eigenvalue weighted by atomic mass is 16.5. The molecule has 0 amide bonds. The van der Waals surface area contributed by atoms with Crippen molar-refractivity contribution in [1.29, 1.82) is 0 Å². The smallest absolute Gasteiger partial charge is 0.128 e. The highest BCUT2D eigenvalue weighted by Gasteiger charge is 2.43. The lowest BCUT2D eigenvalue weighted by atomic mass is 9.74. The minimum atomic E-state index is -0.120. The molecule has 1 aromatic heterocycles. The fraction of sp³-hybridized carbons (Fsp3) is 0.786. The zero-order valence-electron chi connectivity index (χ0n) is 11.9. The molecule has 3 unspecified atom stereocenters. The second-order valence-corrected chi connectivity index (χ2v) is 5.59. The van der Waals surface area contributed by atoms with Crippen LogP contribution in [-0.4, -0.2) is 29.3 Å². The van der Waals surface area contributed by atoms with Crippen molar-refractivity contribution in [2.75, 3.05) is 14.2 Å². The first-order chi connectivity index (χ1) is 8.63. The van der Waals surface area contributed by atoms with Crippen LogP contribution in [-0.2, 0) is 11.8 Å². The molecular weight excluding hydrogens is 226 g/mol. The van der Waals surface area contributed by atoms with Gasteiger partial charge in [0, 0.05) is 26.6 Å².